The number of rotatable bonds is 6. The van der Waals surface area contributed by atoms with Gasteiger partial charge in [0, 0.05) is 24.5 Å². The Morgan fingerprint density at radius 3 is 2.47 bits per heavy atom. The van der Waals surface area contributed by atoms with Crippen LogP contribution in [-0.4, -0.2) is 17.1 Å². The van der Waals surface area contributed by atoms with Gasteiger partial charge in [0.05, 0.1) is 5.02 Å². The molecule has 1 rings (SSSR count). The number of hydrogen-bond acceptors (Lipinski definition) is 2. The van der Waals surface area contributed by atoms with E-state index in [4.69, 9.17) is 11.6 Å². The van der Waals surface area contributed by atoms with Crippen molar-refractivity contribution in [2.45, 2.75) is 59.4 Å². The maximum atomic E-state index is 6.24. The summed E-state index contributed by atoms with van der Waals surface area (Å²) in [6.45, 7) is 12.2. The fraction of sp³-hybridized carbons (Fsp3) is 0.688. The predicted octanol–water partition coefficient (Wildman–Crippen LogP) is 4.47. The first-order chi connectivity index (χ1) is 8.76. The molecule has 0 aliphatic rings. The molecule has 0 aliphatic carbocycles. The van der Waals surface area contributed by atoms with Gasteiger partial charge in [-0.3, -0.25) is 4.98 Å². The molecule has 0 aromatic carbocycles. The number of nitrogens with one attached hydrogen (secondary N) is 1. The molecule has 0 fully saturated rings. The van der Waals surface area contributed by atoms with Gasteiger partial charge in [0.25, 0.3) is 0 Å². The van der Waals surface area contributed by atoms with Gasteiger partial charge in [-0.25, -0.2) is 0 Å². The van der Waals surface area contributed by atoms with Crippen molar-refractivity contribution in [3.63, 3.8) is 0 Å². The third-order valence-electron chi connectivity index (χ3n) is 3.37. The maximum Gasteiger partial charge on any atom is 0.0621 e. The molecule has 1 aromatic heterocycles. The number of hydrogen-bond donors (Lipinski definition) is 1. The molecule has 2 nitrogen and oxygen atoms in total. The first kappa shape index (κ1) is 16.5. The lowest BCUT2D eigenvalue weighted by Gasteiger charge is -2.34. The van der Waals surface area contributed by atoms with Crippen LogP contribution in [0.2, 0.25) is 5.02 Å². The van der Waals surface area contributed by atoms with Crippen LogP contribution in [-0.2, 0) is 6.42 Å². The molecule has 0 bridgehead atoms. The topological polar surface area (TPSA) is 24.9 Å². The van der Waals surface area contributed by atoms with E-state index < -0.39 is 0 Å². The Kier molecular flexibility index (Phi) is 5.82. The Morgan fingerprint density at radius 1 is 1.26 bits per heavy atom. The third kappa shape index (κ3) is 5.92. The van der Waals surface area contributed by atoms with Gasteiger partial charge in [0.15, 0.2) is 0 Å². The van der Waals surface area contributed by atoms with Crippen LogP contribution < -0.4 is 5.32 Å². The highest BCUT2D eigenvalue weighted by Gasteiger charge is 2.26. The number of halogens is 1. The van der Waals surface area contributed by atoms with E-state index in [0.717, 1.165) is 18.0 Å². The fourth-order valence-corrected chi connectivity index (χ4v) is 2.51. The second-order valence-corrected chi connectivity index (χ2v) is 7.22. The van der Waals surface area contributed by atoms with Gasteiger partial charge in [-0.2, -0.15) is 0 Å². The largest absolute Gasteiger partial charge is 0.312 e. The molecule has 0 saturated carbocycles. The lowest BCUT2D eigenvalue weighted by Crippen LogP contribution is -2.43. The van der Waals surface area contributed by atoms with E-state index in [1.54, 1.807) is 6.20 Å². The second kappa shape index (κ2) is 6.71. The Balaban J connectivity index is 2.79. The van der Waals surface area contributed by atoms with Crippen LogP contribution in [0.3, 0.4) is 0 Å². The Hall–Kier alpha value is -0.600. The minimum absolute atomic E-state index is 0.150. The average Bonchev–Trinajstić information content (AvgIpc) is 2.29. The highest BCUT2D eigenvalue weighted by molar-refractivity contribution is 6.31. The molecule has 3 heteroatoms. The normalized spacial score (nSPS) is 15.3. The Labute approximate surface area is 123 Å². The van der Waals surface area contributed by atoms with Gasteiger partial charge < -0.3 is 5.32 Å². The molecule has 0 saturated heterocycles. The van der Waals surface area contributed by atoms with Crippen LogP contribution in [0, 0.1) is 5.41 Å². The van der Waals surface area contributed by atoms with E-state index in [1.807, 2.05) is 12.3 Å². The van der Waals surface area contributed by atoms with Gasteiger partial charge in [0.1, 0.15) is 0 Å². The fourth-order valence-electron chi connectivity index (χ4n) is 2.33. The van der Waals surface area contributed by atoms with Gasteiger partial charge in [-0.15, -0.1) is 0 Å². The van der Waals surface area contributed by atoms with Gasteiger partial charge in [-0.05, 0) is 50.7 Å². The zero-order chi connectivity index (χ0) is 14.5. The summed E-state index contributed by atoms with van der Waals surface area (Å²) in [5.74, 6) is 0. The molecule has 1 atom stereocenters. The van der Waals surface area contributed by atoms with Crippen LogP contribution in [0.15, 0.2) is 18.5 Å². The van der Waals surface area contributed by atoms with E-state index in [-0.39, 0.29) is 11.0 Å². The lowest BCUT2D eigenvalue weighted by molar-refractivity contribution is 0.243. The molecule has 19 heavy (non-hydrogen) atoms. The molecule has 1 aromatic rings. The standard InChI is InChI=1S/C16H27ClN2/c1-6-8-16(5,12-19-15(2,3)4)10-13-7-9-18-11-14(13)17/h7,9,11,19H,6,8,10,12H2,1-5H3. The Bertz CT molecular complexity index is 398. The smallest absolute Gasteiger partial charge is 0.0621 e. The van der Waals surface area contributed by atoms with Crippen molar-refractivity contribution < 1.29 is 0 Å². The van der Waals surface area contributed by atoms with Crippen molar-refractivity contribution in [1.29, 1.82) is 0 Å². The first-order valence-electron chi connectivity index (χ1n) is 7.09. The number of nitrogens with zero attached hydrogens (tertiary/aromatic N) is 1. The van der Waals surface area contributed by atoms with Crippen molar-refractivity contribution in [1.82, 2.24) is 10.3 Å². The van der Waals surface area contributed by atoms with E-state index >= 15 is 0 Å². The van der Waals surface area contributed by atoms with E-state index in [9.17, 15) is 0 Å². The zero-order valence-electron chi connectivity index (χ0n) is 12.9. The molecule has 0 aliphatic heterocycles. The van der Waals surface area contributed by atoms with Gasteiger partial charge in [-0.1, -0.05) is 31.9 Å². The number of pyridine rings is 1. The van der Waals surface area contributed by atoms with E-state index in [2.05, 4.69) is 44.9 Å². The molecular weight excluding hydrogens is 256 g/mol. The number of aromatic nitrogens is 1. The Morgan fingerprint density at radius 2 is 1.95 bits per heavy atom. The molecule has 1 unspecified atom stereocenters. The summed E-state index contributed by atoms with van der Waals surface area (Å²) < 4.78 is 0. The summed E-state index contributed by atoms with van der Waals surface area (Å²) in [6.07, 6.45) is 6.93. The van der Waals surface area contributed by atoms with Crippen LogP contribution in [0.25, 0.3) is 0 Å². The van der Waals surface area contributed by atoms with Gasteiger partial charge >= 0.3 is 0 Å². The van der Waals surface area contributed by atoms with Crippen molar-refractivity contribution in [3.8, 4) is 0 Å². The highest BCUT2D eigenvalue weighted by atomic mass is 35.5. The molecule has 0 spiro atoms. The summed E-state index contributed by atoms with van der Waals surface area (Å²) in [4.78, 5) is 4.06. The minimum atomic E-state index is 0.150. The first-order valence-corrected chi connectivity index (χ1v) is 7.47. The average molecular weight is 283 g/mol. The van der Waals surface area contributed by atoms with Crippen molar-refractivity contribution >= 4 is 11.6 Å². The summed E-state index contributed by atoms with van der Waals surface area (Å²) in [5.41, 5.74) is 1.58. The molecular formula is C16H27ClN2. The molecule has 0 radical (unpaired) electrons. The maximum absolute atomic E-state index is 6.24. The quantitative estimate of drug-likeness (QED) is 0.832. The van der Waals surface area contributed by atoms with Crippen molar-refractivity contribution in [3.05, 3.63) is 29.0 Å². The second-order valence-electron chi connectivity index (χ2n) is 6.81. The minimum Gasteiger partial charge on any atom is -0.312 e. The summed E-state index contributed by atoms with van der Waals surface area (Å²) in [6, 6.07) is 2.04. The molecule has 0 amide bonds. The lowest BCUT2D eigenvalue weighted by atomic mass is 9.79. The zero-order valence-corrected chi connectivity index (χ0v) is 13.6. The summed E-state index contributed by atoms with van der Waals surface area (Å²) in [5, 5.41) is 4.41. The molecule has 1 heterocycles. The van der Waals surface area contributed by atoms with Crippen molar-refractivity contribution in [2.24, 2.45) is 5.41 Å². The van der Waals surface area contributed by atoms with Crippen LogP contribution in [0.1, 0.15) is 53.0 Å². The SMILES string of the molecule is CCCC(C)(CNC(C)(C)C)Cc1ccncc1Cl. The summed E-state index contributed by atoms with van der Waals surface area (Å²) in [7, 11) is 0. The predicted molar refractivity (Wildman–Crippen MR) is 83.7 cm³/mol. The third-order valence-corrected chi connectivity index (χ3v) is 3.71. The van der Waals surface area contributed by atoms with Crippen LogP contribution in [0.5, 0.6) is 0 Å². The monoisotopic (exact) mass is 282 g/mol. The van der Waals surface area contributed by atoms with E-state index in [1.165, 1.54) is 18.4 Å². The summed E-state index contributed by atoms with van der Waals surface area (Å²) >= 11 is 6.24. The molecule has 108 valence electrons. The van der Waals surface area contributed by atoms with E-state index in [0.29, 0.717) is 0 Å². The molecule has 1 N–H and O–H groups in total. The highest BCUT2D eigenvalue weighted by Crippen LogP contribution is 2.30. The van der Waals surface area contributed by atoms with Crippen LogP contribution >= 0.6 is 11.6 Å². The van der Waals surface area contributed by atoms with Crippen molar-refractivity contribution in [2.75, 3.05) is 6.54 Å². The van der Waals surface area contributed by atoms with Gasteiger partial charge in [0.2, 0.25) is 0 Å². The van der Waals surface area contributed by atoms with Crippen LogP contribution in [0.4, 0.5) is 0 Å².